The summed E-state index contributed by atoms with van der Waals surface area (Å²) in [7, 11) is -10.0. The van der Waals surface area contributed by atoms with Gasteiger partial charge in [-0.3, -0.25) is 0 Å². The molecule has 0 radical (unpaired) electrons. The summed E-state index contributed by atoms with van der Waals surface area (Å²) < 4.78 is 15.9. The van der Waals surface area contributed by atoms with E-state index < -0.39 is 20.7 Å². The summed E-state index contributed by atoms with van der Waals surface area (Å²) >= 11 is 0. The van der Waals surface area contributed by atoms with Gasteiger partial charge in [0.25, 0.3) is 0 Å². The molecule has 20 heavy (non-hydrogen) atoms. The first-order chi connectivity index (χ1) is 9.14. The van der Waals surface area contributed by atoms with Crippen molar-refractivity contribution in [1.82, 2.24) is 5.16 Å². The Bertz CT molecular complexity index is 517. The van der Waals surface area contributed by atoms with E-state index in [2.05, 4.69) is 10.1 Å². The first kappa shape index (κ1) is 17.4. The lowest BCUT2D eigenvalue weighted by Crippen LogP contribution is -2.05. The number of hydrogen-bond donors (Lipinski definition) is 5. The molecule has 1 aromatic heterocycles. The zero-order valence-electron chi connectivity index (χ0n) is 10.7. The predicted molar refractivity (Wildman–Crippen MR) is 72.4 cm³/mol. The van der Waals surface area contributed by atoms with Crippen molar-refractivity contribution in [3.05, 3.63) is 11.8 Å². The Morgan fingerprint density at radius 3 is 2.55 bits per heavy atom. The number of rotatable bonds is 7. The number of aliphatic imine (C=N–C) groups is 1. The molecule has 11 heteroatoms. The third kappa shape index (κ3) is 5.38. The first-order valence-electron chi connectivity index (χ1n) is 5.83. The molecule has 0 unspecified atom stereocenters. The Labute approximate surface area is 115 Å². The summed E-state index contributed by atoms with van der Waals surface area (Å²) in [6.45, 7) is 2.04. The molecule has 0 aliphatic rings. The molecule has 9 nitrogen and oxygen atoms in total. The average Bonchev–Trinajstić information content (AvgIpc) is 2.71. The normalized spacial score (nSPS) is 13.8. The Morgan fingerprint density at radius 2 is 2.05 bits per heavy atom. The molecule has 0 aromatic carbocycles. The molecule has 0 aliphatic heterocycles. The van der Waals surface area contributed by atoms with Crippen LogP contribution < -0.4 is 0 Å². The molecule has 0 aliphatic carbocycles. The molecule has 1 aromatic rings. The number of aryl methyl sites for hydroxylation is 1. The molecule has 0 spiro atoms. The minimum absolute atomic E-state index is 0.239. The van der Waals surface area contributed by atoms with E-state index in [9.17, 15) is 4.57 Å². The summed E-state index contributed by atoms with van der Waals surface area (Å²) in [4.78, 5) is 48.1. The van der Waals surface area contributed by atoms with Crippen molar-refractivity contribution in [1.29, 1.82) is 0 Å². The van der Waals surface area contributed by atoms with Crippen LogP contribution in [0.25, 0.3) is 0 Å². The molecule has 114 valence electrons. The van der Waals surface area contributed by atoms with Crippen molar-refractivity contribution in [2.75, 3.05) is 0 Å². The van der Waals surface area contributed by atoms with Crippen molar-refractivity contribution in [2.45, 2.75) is 32.6 Å². The highest BCUT2D eigenvalue weighted by atomic mass is 31.3. The Morgan fingerprint density at radius 1 is 1.40 bits per heavy atom. The van der Waals surface area contributed by atoms with E-state index >= 15 is 0 Å². The standard InChI is InChI=1S/C9H16N2O7P2/c1-2-3-4-5-7-6-8(11-18-7)10-9(19(12,13)14)20(15,16)17/h6,12-14H,2-5H2,1H3,(H-,15,16,17)/p+1. The Balaban J connectivity index is 2.93. The Kier molecular flexibility index (Phi) is 5.97. The fourth-order valence-corrected chi connectivity index (χ4v) is 3.30. The molecule has 0 bridgehead atoms. The van der Waals surface area contributed by atoms with E-state index in [0.29, 0.717) is 12.2 Å². The van der Waals surface area contributed by atoms with Gasteiger partial charge < -0.3 is 14.3 Å². The number of aromatic nitrogens is 1. The van der Waals surface area contributed by atoms with Gasteiger partial charge in [-0.2, -0.15) is 19.7 Å². The van der Waals surface area contributed by atoms with Gasteiger partial charge in [-0.05, 0) is 6.42 Å². The van der Waals surface area contributed by atoms with Crippen molar-refractivity contribution in [3.63, 3.8) is 0 Å². The molecule has 0 atom stereocenters. The molecule has 0 fully saturated rings. The van der Waals surface area contributed by atoms with Gasteiger partial charge in [0.2, 0.25) is 0 Å². The van der Waals surface area contributed by atoms with Crippen LogP contribution in [-0.4, -0.2) is 34.8 Å². The van der Waals surface area contributed by atoms with E-state index in [0.717, 1.165) is 19.3 Å². The van der Waals surface area contributed by atoms with Gasteiger partial charge in [0, 0.05) is 12.5 Å². The Hall–Kier alpha value is -0.660. The van der Waals surface area contributed by atoms with Gasteiger partial charge in [-0.1, -0.05) is 24.9 Å². The van der Waals surface area contributed by atoms with Crippen molar-refractivity contribution in [2.24, 2.45) is 4.99 Å². The molecule has 1 heterocycles. The third-order valence-corrected chi connectivity index (χ3v) is 5.16. The van der Waals surface area contributed by atoms with Crippen LogP contribution in [0.1, 0.15) is 31.9 Å². The smallest absolute Gasteiger partial charge is 0.359 e. The zero-order chi connectivity index (χ0) is 15.4. The van der Waals surface area contributed by atoms with E-state index in [1.165, 1.54) is 6.07 Å². The van der Waals surface area contributed by atoms with Crippen LogP contribution in [0.15, 0.2) is 15.6 Å². The highest BCUT2D eigenvalue weighted by Gasteiger charge is 2.52. The van der Waals surface area contributed by atoms with Gasteiger partial charge in [0.1, 0.15) is 5.76 Å². The second-order valence-electron chi connectivity index (χ2n) is 4.13. The highest BCUT2D eigenvalue weighted by Crippen LogP contribution is 2.60. The molecular weight excluding hydrogens is 310 g/mol. The molecular formula is C9H17N2O7P2+. The van der Waals surface area contributed by atoms with Gasteiger partial charge in [-0.15, -0.1) is 0 Å². The molecule has 0 saturated carbocycles. The topological polar surface area (TPSA) is 157 Å². The SMILES string of the molecule is CCCCCc1cc(N=C(P(=O)(O)O)[P+](O)(O)O)no1. The minimum Gasteiger partial charge on any atom is -0.359 e. The van der Waals surface area contributed by atoms with Crippen LogP contribution in [0.4, 0.5) is 5.82 Å². The van der Waals surface area contributed by atoms with Crippen molar-refractivity contribution in [3.8, 4) is 0 Å². The maximum atomic E-state index is 11.1. The maximum Gasteiger partial charge on any atom is 0.469 e. The van der Waals surface area contributed by atoms with Gasteiger partial charge in [-0.25, -0.2) is 4.57 Å². The quantitative estimate of drug-likeness (QED) is 0.285. The van der Waals surface area contributed by atoms with E-state index in [-0.39, 0.29) is 5.82 Å². The minimum atomic E-state index is -5.11. The summed E-state index contributed by atoms with van der Waals surface area (Å²) in [5, 5.41) is 2.04. The van der Waals surface area contributed by atoms with E-state index in [4.69, 9.17) is 29.0 Å². The molecule has 0 saturated heterocycles. The summed E-state index contributed by atoms with van der Waals surface area (Å²) in [6.07, 6.45) is 3.45. The van der Waals surface area contributed by atoms with Crippen LogP contribution in [0.3, 0.4) is 0 Å². The maximum absolute atomic E-state index is 11.1. The van der Waals surface area contributed by atoms with Crippen LogP contribution in [0.5, 0.6) is 0 Å². The van der Waals surface area contributed by atoms with Crippen molar-refractivity contribution < 1.29 is 33.6 Å². The molecule has 1 rings (SSSR count). The van der Waals surface area contributed by atoms with E-state index in [1.807, 2.05) is 6.92 Å². The number of hydrogen-bond acceptors (Lipinski definition) is 7. The molecule has 5 N–H and O–H groups in total. The largest absolute Gasteiger partial charge is 0.469 e. The fourth-order valence-electron chi connectivity index (χ4n) is 1.43. The average molecular weight is 327 g/mol. The van der Waals surface area contributed by atoms with Crippen LogP contribution in [0.2, 0.25) is 0 Å². The second-order valence-corrected chi connectivity index (χ2v) is 7.56. The lowest BCUT2D eigenvalue weighted by molar-refractivity contribution is 0.349. The summed E-state index contributed by atoms with van der Waals surface area (Å²) in [5.41, 5.74) is 0. The summed E-state index contributed by atoms with van der Waals surface area (Å²) in [5.74, 6) is 0.219. The number of nitrogens with zero attached hydrogens (tertiary/aromatic N) is 2. The third-order valence-electron chi connectivity index (χ3n) is 2.32. The predicted octanol–water partition coefficient (Wildman–Crippen LogP) is 1.31. The fraction of sp³-hybridized carbons (Fsp3) is 0.556. The van der Waals surface area contributed by atoms with E-state index in [1.54, 1.807) is 0 Å². The highest BCUT2D eigenvalue weighted by molar-refractivity contribution is 8.00. The second kappa shape index (κ2) is 6.87. The summed E-state index contributed by atoms with van der Waals surface area (Å²) in [6, 6.07) is 1.32. The van der Waals surface area contributed by atoms with Gasteiger partial charge in [0.05, 0.1) is 0 Å². The molecule has 0 amide bonds. The van der Waals surface area contributed by atoms with Crippen LogP contribution >= 0.6 is 15.5 Å². The van der Waals surface area contributed by atoms with Crippen molar-refractivity contribution >= 4 is 26.6 Å². The lowest BCUT2D eigenvalue weighted by atomic mass is 10.2. The first-order valence-corrected chi connectivity index (χ1v) is 9.08. The van der Waals surface area contributed by atoms with Gasteiger partial charge in [0.15, 0.2) is 5.82 Å². The zero-order valence-corrected chi connectivity index (χ0v) is 12.5. The lowest BCUT2D eigenvalue weighted by Gasteiger charge is -2.06. The monoisotopic (exact) mass is 327 g/mol. The van der Waals surface area contributed by atoms with Gasteiger partial charge >= 0.3 is 20.7 Å². The van der Waals surface area contributed by atoms with Crippen LogP contribution in [-0.2, 0) is 11.0 Å². The van der Waals surface area contributed by atoms with Crippen LogP contribution in [0, 0.1) is 0 Å². The number of unbranched alkanes of at least 4 members (excludes halogenated alkanes) is 2.